The lowest BCUT2D eigenvalue weighted by atomic mass is 10.1. The van der Waals surface area contributed by atoms with Gasteiger partial charge in [-0.05, 0) is 43.5 Å². The maximum Gasteiger partial charge on any atom is 0.236 e. The van der Waals surface area contributed by atoms with E-state index in [0.29, 0.717) is 19.6 Å². The van der Waals surface area contributed by atoms with Crippen LogP contribution < -0.4 is 5.32 Å². The molecule has 0 saturated heterocycles. The largest absolute Gasteiger partial charge is 0.361 e. The van der Waals surface area contributed by atoms with Crippen LogP contribution in [0, 0.1) is 6.92 Å². The number of aromatic amines is 1. The Bertz CT molecular complexity index is 867. The van der Waals surface area contributed by atoms with Crippen LogP contribution in [-0.2, 0) is 17.8 Å². The van der Waals surface area contributed by atoms with Gasteiger partial charge in [-0.1, -0.05) is 55.0 Å². The quantitative estimate of drug-likeness (QED) is 0.564. The maximum atomic E-state index is 12.8. The van der Waals surface area contributed by atoms with Gasteiger partial charge in [-0.25, -0.2) is 0 Å². The number of hydrogen-bond donors (Lipinski definition) is 2. The molecule has 1 heterocycles. The fraction of sp³-hybridized carbons (Fsp3) is 0.348. The van der Waals surface area contributed by atoms with E-state index in [4.69, 9.17) is 0 Å². The molecule has 0 spiro atoms. The summed E-state index contributed by atoms with van der Waals surface area (Å²) in [5.41, 5.74) is 4.81. The van der Waals surface area contributed by atoms with Crippen molar-refractivity contribution in [3.8, 4) is 0 Å². The fourth-order valence-corrected chi connectivity index (χ4v) is 3.28. The van der Waals surface area contributed by atoms with Gasteiger partial charge in [-0.2, -0.15) is 0 Å². The van der Waals surface area contributed by atoms with E-state index < -0.39 is 0 Å². The molecule has 0 radical (unpaired) electrons. The lowest BCUT2D eigenvalue weighted by molar-refractivity contribution is -0.130. The first-order chi connectivity index (χ1) is 13.2. The van der Waals surface area contributed by atoms with Crippen molar-refractivity contribution < 1.29 is 4.79 Å². The Hall–Kier alpha value is -2.59. The first-order valence-electron chi connectivity index (χ1n) is 9.76. The summed E-state index contributed by atoms with van der Waals surface area (Å²) in [6, 6.07) is 16.7. The molecule has 0 atom stereocenters. The Balaban J connectivity index is 1.70. The summed E-state index contributed by atoms with van der Waals surface area (Å²) in [6.07, 6.45) is 3.94. The normalized spacial score (nSPS) is 11.0. The van der Waals surface area contributed by atoms with Gasteiger partial charge < -0.3 is 15.2 Å². The molecular formula is C23H29N3O. The van der Waals surface area contributed by atoms with Gasteiger partial charge in [0.05, 0.1) is 6.54 Å². The summed E-state index contributed by atoms with van der Waals surface area (Å²) in [7, 11) is 0. The van der Waals surface area contributed by atoms with Crippen molar-refractivity contribution in [2.45, 2.75) is 33.2 Å². The molecule has 27 heavy (non-hydrogen) atoms. The van der Waals surface area contributed by atoms with Crippen molar-refractivity contribution in [3.05, 3.63) is 71.4 Å². The predicted octanol–water partition coefficient (Wildman–Crippen LogP) is 4.05. The zero-order valence-electron chi connectivity index (χ0n) is 16.3. The van der Waals surface area contributed by atoms with E-state index in [1.54, 1.807) is 0 Å². The van der Waals surface area contributed by atoms with E-state index in [0.717, 1.165) is 24.9 Å². The molecule has 1 aromatic heterocycles. The second kappa shape index (κ2) is 9.38. The number of amides is 1. The smallest absolute Gasteiger partial charge is 0.236 e. The first-order valence-corrected chi connectivity index (χ1v) is 9.76. The summed E-state index contributed by atoms with van der Waals surface area (Å²) in [5.74, 6) is 0.156. The Morgan fingerprint density at radius 1 is 1.11 bits per heavy atom. The highest BCUT2D eigenvalue weighted by atomic mass is 16.2. The van der Waals surface area contributed by atoms with Crippen LogP contribution in [-0.4, -0.2) is 35.4 Å². The van der Waals surface area contributed by atoms with Crippen LogP contribution in [0.4, 0.5) is 0 Å². The van der Waals surface area contributed by atoms with E-state index in [9.17, 15) is 4.79 Å². The van der Waals surface area contributed by atoms with Crippen LogP contribution >= 0.6 is 0 Å². The number of aromatic nitrogens is 1. The third kappa shape index (κ3) is 5.20. The minimum atomic E-state index is 0.156. The third-order valence-corrected chi connectivity index (χ3v) is 4.88. The van der Waals surface area contributed by atoms with E-state index in [2.05, 4.69) is 72.8 Å². The molecule has 142 valence electrons. The minimum absolute atomic E-state index is 0.156. The summed E-state index contributed by atoms with van der Waals surface area (Å²) < 4.78 is 0. The van der Waals surface area contributed by atoms with Gasteiger partial charge in [0, 0.05) is 30.2 Å². The first kappa shape index (κ1) is 19.2. The van der Waals surface area contributed by atoms with Crippen molar-refractivity contribution in [3.63, 3.8) is 0 Å². The maximum absolute atomic E-state index is 12.8. The van der Waals surface area contributed by atoms with Crippen molar-refractivity contribution in [1.82, 2.24) is 15.2 Å². The molecule has 1 amide bonds. The lowest BCUT2D eigenvalue weighted by Crippen LogP contribution is -2.39. The summed E-state index contributed by atoms with van der Waals surface area (Å²) >= 11 is 0. The number of carbonyl (C=O) groups excluding carboxylic acids is 1. The Morgan fingerprint density at radius 2 is 1.89 bits per heavy atom. The number of rotatable bonds is 9. The average molecular weight is 364 g/mol. The summed E-state index contributed by atoms with van der Waals surface area (Å²) in [6.45, 7) is 6.81. The number of carbonyl (C=O) groups is 1. The van der Waals surface area contributed by atoms with E-state index >= 15 is 0 Å². The number of aryl methyl sites for hydroxylation is 1. The van der Waals surface area contributed by atoms with Crippen molar-refractivity contribution in [2.24, 2.45) is 0 Å². The zero-order chi connectivity index (χ0) is 19.1. The Labute approximate surface area is 161 Å². The second-order valence-electron chi connectivity index (χ2n) is 7.09. The fourth-order valence-electron chi connectivity index (χ4n) is 3.28. The summed E-state index contributed by atoms with van der Waals surface area (Å²) in [4.78, 5) is 18.1. The van der Waals surface area contributed by atoms with Gasteiger partial charge in [0.25, 0.3) is 0 Å². The number of nitrogens with one attached hydrogen (secondary N) is 2. The molecule has 2 aromatic carbocycles. The summed E-state index contributed by atoms with van der Waals surface area (Å²) in [5, 5.41) is 4.48. The highest BCUT2D eigenvalue weighted by Gasteiger charge is 2.15. The van der Waals surface area contributed by atoms with Gasteiger partial charge >= 0.3 is 0 Å². The number of hydrogen-bond acceptors (Lipinski definition) is 2. The molecule has 0 aliphatic heterocycles. The molecule has 0 bridgehead atoms. The van der Waals surface area contributed by atoms with Crippen LogP contribution in [0.25, 0.3) is 10.9 Å². The highest BCUT2D eigenvalue weighted by Crippen LogP contribution is 2.19. The standard InChI is InChI=1S/C23H29N3O/c1-3-13-24-16-23(27)26(17-19-10-8-18(2)9-11-19)14-12-20-15-25-22-7-5-4-6-21(20)22/h4-11,15,24-25H,3,12-14,16-17H2,1-2H3. The molecule has 0 saturated carbocycles. The van der Waals surface area contributed by atoms with Gasteiger partial charge in [-0.3, -0.25) is 4.79 Å². The van der Waals surface area contributed by atoms with Gasteiger partial charge in [0.15, 0.2) is 0 Å². The zero-order valence-corrected chi connectivity index (χ0v) is 16.3. The van der Waals surface area contributed by atoms with E-state index in [1.807, 2.05) is 11.0 Å². The molecule has 2 N–H and O–H groups in total. The minimum Gasteiger partial charge on any atom is -0.361 e. The Morgan fingerprint density at radius 3 is 2.67 bits per heavy atom. The third-order valence-electron chi connectivity index (χ3n) is 4.88. The number of para-hydroxylation sites is 1. The number of benzene rings is 2. The van der Waals surface area contributed by atoms with Gasteiger partial charge in [-0.15, -0.1) is 0 Å². The van der Waals surface area contributed by atoms with Crippen molar-refractivity contribution >= 4 is 16.8 Å². The second-order valence-corrected chi connectivity index (χ2v) is 7.09. The van der Waals surface area contributed by atoms with E-state index in [1.165, 1.54) is 22.1 Å². The molecule has 3 aromatic rings. The number of H-pyrrole nitrogens is 1. The predicted molar refractivity (Wildman–Crippen MR) is 112 cm³/mol. The molecule has 4 heteroatoms. The van der Waals surface area contributed by atoms with E-state index in [-0.39, 0.29) is 5.91 Å². The molecule has 0 unspecified atom stereocenters. The highest BCUT2D eigenvalue weighted by molar-refractivity contribution is 5.83. The van der Waals surface area contributed by atoms with Crippen LogP contribution in [0.5, 0.6) is 0 Å². The van der Waals surface area contributed by atoms with Crippen LogP contribution in [0.15, 0.2) is 54.7 Å². The molecular weight excluding hydrogens is 334 g/mol. The molecule has 0 fully saturated rings. The van der Waals surface area contributed by atoms with Crippen LogP contribution in [0.2, 0.25) is 0 Å². The lowest BCUT2D eigenvalue weighted by Gasteiger charge is -2.23. The van der Waals surface area contributed by atoms with Crippen molar-refractivity contribution in [2.75, 3.05) is 19.6 Å². The van der Waals surface area contributed by atoms with Crippen LogP contribution in [0.1, 0.15) is 30.0 Å². The van der Waals surface area contributed by atoms with Crippen LogP contribution in [0.3, 0.4) is 0 Å². The molecule has 4 nitrogen and oxygen atoms in total. The molecule has 0 aliphatic carbocycles. The van der Waals surface area contributed by atoms with Gasteiger partial charge in [0.1, 0.15) is 0 Å². The number of fused-ring (bicyclic) bond motifs is 1. The molecule has 0 aliphatic rings. The average Bonchev–Trinajstić information content (AvgIpc) is 3.10. The van der Waals surface area contributed by atoms with Crippen molar-refractivity contribution in [1.29, 1.82) is 0 Å². The molecule has 3 rings (SSSR count). The number of nitrogens with zero attached hydrogens (tertiary/aromatic N) is 1. The Kier molecular flexibility index (Phi) is 6.66. The topological polar surface area (TPSA) is 48.1 Å². The monoisotopic (exact) mass is 363 g/mol. The van der Waals surface area contributed by atoms with Gasteiger partial charge in [0.2, 0.25) is 5.91 Å². The SMILES string of the molecule is CCCNCC(=O)N(CCc1c[nH]c2ccccc12)Cc1ccc(C)cc1.